The SMILES string of the molecule is CC1CC2(N)CCC1(CO)CC2. The molecule has 0 radical (unpaired) electrons. The van der Waals surface area contributed by atoms with Gasteiger partial charge in [0, 0.05) is 12.1 Å². The summed E-state index contributed by atoms with van der Waals surface area (Å²) < 4.78 is 0. The number of hydrogen-bond acceptors (Lipinski definition) is 2. The minimum Gasteiger partial charge on any atom is -0.396 e. The lowest BCUT2D eigenvalue weighted by atomic mass is 9.53. The Labute approximate surface area is 74.1 Å². The van der Waals surface area contributed by atoms with Crippen LogP contribution >= 0.6 is 0 Å². The highest BCUT2D eigenvalue weighted by atomic mass is 16.3. The van der Waals surface area contributed by atoms with Gasteiger partial charge in [0.2, 0.25) is 0 Å². The summed E-state index contributed by atoms with van der Waals surface area (Å²) in [6.45, 7) is 2.61. The Morgan fingerprint density at radius 3 is 2.33 bits per heavy atom. The van der Waals surface area contributed by atoms with Crippen molar-refractivity contribution in [3.05, 3.63) is 0 Å². The molecule has 1 atom stereocenters. The second-order valence-electron chi connectivity index (χ2n) is 4.99. The van der Waals surface area contributed by atoms with Crippen LogP contribution in [0.5, 0.6) is 0 Å². The van der Waals surface area contributed by atoms with Crippen LogP contribution in [-0.4, -0.2) is 17.3 Å². The van der Waals surface area contributed by atoms with Crippen LogP contribution in [0.2, 0.25) is 0 Å². The van der Waals surface area contributed by atoms with Crippen molar-refractivity contribution in [2.24, 2.45) is 17.1 Å². The molecule has 0 amide bonds. The van der Waals surface area contributed by atoms with Crippen molar-refractivity contribution in [2.75, 3.05) is 6.61 Å². The predicted molar refractivity (Wildman–Crippen MR) is 48.7 cm³/mol. The van der Waals surface area contributed by atoms with Gasteiger partial charge in [0.15, 0.2) is 0 Å². The Morgan fingerprint density at radius 1 is 1.33 bits per heavy atom. The predicted octanol–water partition coefficient (Wildman–Crippen LogP) is 1.28. The largest absolute Gasteiger partial charge is 0.396 e. The molecule has 0 saturated heterocycles. The Balaban J connectivity index is 2.20. The normalized spacial score (nSPS) is 52.8. The molecule has 0 aromatic carbocycles. The van der Waals surface area contributed by atoms with E-state index in [1.807, 2.05) is 0 Å². The lowest BCUT2D eigenvalue weighted by Crippen LogP contribution is -2.56. The molecule has 0 spiro atoms. The molecule has 12 heavy (non-hydrogen) atoms. The minimum absolute atomic E-state index is 0.121. The van der Waals surface area contributed by atoms with E-state index in [1.165, 1.54) is 0 Å². The first-order valence-electron chi connectivity index (χ1n) is 5.00. The van der Waals surface area contributed by atoms with Gasteiger partial charge in [0.25, 0.3) is 0 Å². The Hall–Kier alpha value is -0.0800. The summed E-state index contributed by atoms with van der Waals surface area (Å²) in [6.07, 6.45) is 5.64. The lowest BCUT2D eigenvalue weighted by Gasteiger charge is -2.55. The zero-order chi connectivity index (χ0) is 8.82. The van der Waals surface area contributed by atoms with E-state index in [4.69, 9.17) is 5.73 Å². The summed E-state index contributed by atoms with van der Waals surface area (Å²) in [5, 5.41) is 9.38. The first kappa shape index (κ1) is 8.52. The molecule has 3 aliphatic rings. The zero-order valence-electron chi connectivity index (χ0n) is 7.84. The molecule has 70 valence electrons. The van der Waals surface area contributed by atoms with Crippen LogP contribution in [-0.2, 0) is 0 Å². The van der Waals surface area contributed by atoms with E-state index in [-0.39, 0.29) is 11.0 Å². The fourth-order valence-electron chi connectivity index (χ4n) is 3.08. The molecule has 0 aliphatic heterocycles. The molecule has 0 aromatic rings. The van der Waals surface area contributed by atoms with Gasteiger partial charge in [0.1, 0.15) is 0 Å². The van der Waals surface area contributed by atoms with E-state index in [0.29, 0.717) is 12.5 Å². The monoisotopic (exact) mass is 169 g/mol. The molecule has 2 nitrogen and oxygen atoms in total. The molecule has 3 saturated carbocycles. The average molecular weight is 169 g/mol. The number of aliphatic hydroxyl groups excluding tert-OH is 1. The van der Waals surface area contributed by atoms with Crippen molar-refractivity contribution < 1.29 is 5.11 Å². The second kappa shape index (κ2) is 2.46. The molecule has 3 rings (SSSR count). The molecule has 0 aromatic heterocycles. The molecule has 0 heterocycles. The average Bonchev–Trinajstić information content (AvgIpc) is 2.05. The first-order chi connectivity index (χ1) is 5.60. The fraction of sp³-hybridized carbons (Fsp3) is 1.00. The molecular formula is C10H19NO. The molecular weight excluding hydrogens is 150 g/mol. The van der Waals surface area contributed by atoms with Crippen LogP contribution in [0.25, 0.3) is 0 Å². The summed E-state index contributed by atoms with van der Waals surface area (Å²) >= 11 is 0. The smallest absolute Gasteiger partial charge is 0.0490 e. The third-order valence-corrected chi connectivity index (χ3v) is 4.31. The molecule has 3 aliphatic carbocycles. The second-order valence-corrected chi connectivity index (χ2v) is 4.99. The van der Waals surface area contributed by atoms with Gasteiger partial charge < -0.3 is 10.8 Å². The number of nitrogens with two attached hydrogens (primary N) is 1. The van der Waals surface area contributed by atoms with E-state index < -0.39 is 0 Å². The van der Waals surface area contributed by atoms with Crippen molar-refractivity contribution in [3.8, 4) is 0 Å². The van der Waals surface area contributed by atoms with Gasteiger partial charge in [-0.15, -0.1) is 0 Å². The maximum Gasteiger partial charge on any atom is 0.0490 e. The lowest BCUT2D eigenvalue weighted by molar-refractivity contribution is -0.0502. The highest BCUT2D eigenvalue weighted by Crippen LogP contribution is 2.54. The third kappa shape index (κ3) is 1.01. The van der Waals surface area contributed by atoms with Crippen LogP contribution in [0.1, 0.15) is 39.0 Å². The molecule has 2 bridgehead atoms. The van der Waals surface area contributed by atoms with Crippen molar-refractivity contribution in [1.82, 2.24) is 0 Å². The summed E-state index contributed by atoms with van der Waals surface area (Å²) in [5.41, 5.74) is 6.58. The standard InChI is InChI=1S/C10H19NO/c1-8-6-10(11)4-2-9(8,7-12)3-5-10/h8,12H,2-7,11H2,1H3. The fourth-order valence-corrected chi connectivity index (χ4v) is 3.08. The van der Waals surface area contributed by atoms with E-state index in [1.54, 1.807) is 0 Å². The van der Waals surface area contributed by atoms with Crippen LogP contribution in [0, 0.1) is 11.3 Å². The van der Waals surface area contributed by atoms with Crippen LogP contribution in [0.4, 0.5) is 0 Å². The summed E-state index contributed by atoms with van der Waals surface area (Å²) in [6, 6.07) is 0. The van der Waals surface area contributed by atoms with Gasteiger partial charge in [-0.3, -0.25) is 0 Å². The maximum absolute atomic E-state index is 9.38. The number of hydrogen-bond donors (Lipinski definition) is 2. The quantitative estimate of drug-likeness (QED) is 0.621. The van der Waals surface area contributed by atoms with E-state index in [0.717, 1.165) is 32.1 Å². The number of rotatable bonds is 1. The molecule has 2 heteroatoms. The van der Waals surface area contributed by atoms with Crippen molar-refractivity contribution >= 4 is 0 Å². The topological polar surface area (TPSA) is 46.2 Å². The van der Waals surface area contributed by atoms with Crippen molar-refractivity contribution in [3.63, 3.8) is 0 Å². The van der Waals surface area contributed by atoms with Crippen LogP contribution < -0.4 is 5.73 Å². The van der Waals surface area contributed by atoms with E-state index in [9.17, 15) is 5.11 Å². The summed E-state index contributed by atoms with van der Waals surface area (Å²) in [7, 11) is 0. The Bertz CT molecular complexity index is 182. The maximum atomic E-state index is 9.38. The highest BCUT2D eigenvalue weighted by Gasteiger charge is 2.50. The molecule has 1 unspecified atom stereocenters. The highest BCUT2D eigenvalue weighted by molar-refractivity contribution is 5.05. The number of aliphatic hydroxyl groups is 1. The van der Waals surface area contributed by atoms with Gasteiger partial charge >= 0.3 is 0 Å². The Kier molecular flexibility index (Phi) is 1.74. The third-order valence-electron chi connectivity index (χ3n) is 4.31. The summed E-state index contributed by atoms with van der Waals surface area (Å²) in [4.78, 5) is 0. The van der Waals surface area contributed by atoms with E-state index >= 15 is 0 Å². The first-order valence-corrected chi connectivity index (χ1v) is 5.00. The van der Waals surface area contributed by atoms with Gasteiger partial charge in [-0.25, -0.2) is 0 Å². The van der Waals surface area contributed by atoms with Gasteiger partial charge in [-0.2, -0.15) is 0 Å². The zero-order valence-corrected chi connectivity index (χ0v) is 7.84. The number of fused-ring (bicyclic) bond motifs is 3. The van der Waals surface area contributed by atoms with Gasteiger partial charge in [-0.05, 0) is 43.4 Å². The molecule has 3 fully saturated rings. The van der Waals surface area contributed by atoms with E-state index in [2.05, 4.69) is 6.92 Å². The van der Waals surface area contributed by atoms with Gasteiger partial charge in [-0.1, -0.05) is 6.92 Å². The summed E-state index contributed by atoms with van der Waals surface area (Å²) in [5.74, 6) is 0.620. The van der Waals surface area contributed by atoms with Crippen molar-refractivity contribution in [2.45, 2.75) is 44.6 Å². The van der Waals surface area contributed by atoms with Crippen LogP contribution in [0.3, 0.4) is 0 Å². The Morgan fingerprint density at radius 2 is 1.92 bits per heavy atom. The van der Waals surface area contributed by atoms with Crippen molar-refractivity contribution in [1.29, 1.82) is 0 Å². The molecule has 3 N–H and O–H groups in total. The minimum atomic E-state index is 0.121. The van der Waals surface area contributed by atoms with Crippen LogP contribution in [0.15, 0.2) is 0 Å². The van der Waals surface area contributed by atoms with Gasteiger partial charge in [0.05, 0.1) is 0 Å².